The Morgan fingerprint density at radius 2 is 2.06 bits per heavy atom. The third kappa shape index (κ3) is 2.84. The van der Waals surface area contributed by atoms with Crippen molar-refractivity contribution in [1.29, 1.82) is 0 Å². The van der Waals surface area contributed by atoms with Crippen LogP contribution < -0.4 is 4.72 Å². The minimum atomic E-state index is -3.78. The maximum absolute atomic E-state index is 11.8. The molecule has 0 bridgehead atoms. The molecule has 2 heterocycles. The Labute approximate surface area is 106 Å². The molecule has 17 heavy (non-hydrogen) atoms. The van der Waals surface area contributed by atoms with Gasteiger partial charge in [0.2, 0.25) is 5.28 Å². The second kappa shape index (κ2) is 4.47. The maximum atomic E-state index is 11.8. The summed E-state index contributed by atoms with van der Waals surface area (Å²) in [6.45, 7) is 0. The van der Waals surface area contributed by atoms with Crippen molar-refractivity contribution in [2.75, 3.05) is 4.72 Å². The zero-order valence-electron chi connectivity index (χ0n) is 8.05. The Hall–Kier alpha value is -1.38. The van der Waals surface area contributed by atoms with Gasteiger partial charge < -0.3 is 4.98 Å². The summed E-state index contributed by atoms with van der Waals surface area (Å²) in [4.78, 5) is 13.3. The first kappa shape index (κ1) is 12.1. The van der Waals surface area contributed by atoms with Crippen LogP contribution in [-0.2, 0) is 10.0 Å². The topological polar surface area (TPSA) is 101 Å². The molecule has 7 nitrogen and oxygen atoms in total. The molecule has 0 radical (unpaired) electrons. The molecule has 0 aliphatic carbocycles. The van der Waals surface area contributed by atoms with E-state index in [1.807, 2.05) is 0 Å². The van der Waals surface area contributed by atoms with Gasteiger partial charge in [0.25, 0.3) is 10.0 Å². The number of halogens is 2. The molecule has 2 rings (SSSR count). The summed E-state index contributed by atoms with van der Waals surface area (Å²) >= 11 is 11.2. The number of rotatable bonds is 3. The molecule has 0 fully saturated rings. The molecular weight excluding hydrogens is 289 g/mol. The Morgan fingerprint density at radius 1 is 1.29 bits per heavy atom. The first-order chi connectivity index (χ1) is 7.97. The van der Waals surface area contributed by atoms with Gasteiger partial charge >= 0.3 is 0 Å². The number of nitrogens with one attached hydrogen (secondary N) is 2. The molecule has 0 aromatic carbocycles. The fraction of sp³-hybridized carbons (Fsp3) is 0. The maximum Gasteiger partial charge on any atom is 0.280 e. The van der Waals surface area contributed by atoms with Crippen LogP contribution in [0.15, 0.2) is 23.6 Å². The van der Waals surface area contributed by atoms with Crippen molar-refractivity contribution in [3.8, 4) is 0 Å². The number of nitrogens with zero attached hydrogens (tertiary/aromatic N) is 3. The van der Waals surface area contributed by atoms with Crippen LogP contribution in [0.2, 0.25) is 10.4 Å². The van der Waals surface area contributed by atoms with E-state index in [1.165, 1.54) is 12.4 Å². The molecule has 0 spiro atoms. The van der Waals surface area contributed by atoms with Crippen molar-refractivity contribution in [3.63, 3.8) is 0 Å². The average Bonchev–Trinajstić information content (AvgIpc) is 2.67. The molecule has 0 unspecified atom stereocenters. The van der Waals surface area contributed by atoms with Gasteiger partial charge in [-0.1, -0.05) is 11.6 Å². The minimum absolute atomic E-state index is 0.0235. The van der Waals surface area contributed by atoms with Crippen LogP contribution in [0.5, 0.6) is 0 Å². The molecule has 0 saturated heterocycles. The summed E-state index contributed by atoms with van der Waals surface area (Å²) in [5.41, 5.74) is 0. The third-order valence-electron chi connectivity index (χ3n) is 1.67. The zero-order chi connectivity index (χ0) is 12.5. The van der Waals surface area contributed by atoms with E-state index in [4.69, 9.17) is 23.2 Å². The van der Waals surface area contributed by atoms with Crippen LogP contribution in [0, 0.1) is 0 Å². The average molecular weight is 294 g/mol. The van der Waals surface area contributed by atoms with E-state index in [9.17, 15) is 8.42 Å². The van der Waals surface area contributed by atoms with Crippen LogP contribution in [0.1, 0.15) is 0 Å². The van der Waals surface area contributed by atoms with Gasteiger partial charge in [-0.3, -0.25) is 4.72 Å². The summed E-state index contributed by atoms with van der Waals surface area (Å²) < 4.78 is 25.7. The van der Waals surface area contributed by atoms with Gasteiger partial charge in [-0.2, -0.15) is 13.4 Å². The Balaban J connectivity index is 2.33. The van der Waals surface area contributed by atoms with E-state index < -0.39 is 10.0 Å². The normalized spacial score (nSPS) is 11.4. The summed E-state index contributed by atoms with van der Waals surface area (Å²) in [6.07, 6.45) is 2.40. The van der Waals surface area contributed by atoms with Crippen molar-refractivity contribution in [2.24, 2.45) is 0 Å². The van der Waals surface area contributed by atoms with Crippen LogP contribution >= 0.6 is 23.2 Å². The highest BCUT2D eigenvalue weighted by molar-refractivity contribution is 7.92. The van der Waals surface area contributed by atoms with Gasteiger partial charge in [-0.25, -0.2) is 9.97 Å². The molecule has 0 atom stereocenters. The van der Waals surface area contributed by atoms with Crippen molar-refractivity contribution >= 4 is 39.0 Å². The molecule has 2 N–H and O–H groups in total. The highest BCUT2D eigenvalue weighted by atomic mass is 35.5. The van der Waals surface area contributed by atoms with Crippen LogP contribution in [0.4, 0.5) is 5.82 Å². The minimum Gasteiger partial charge on any atom is -0.334 e. The highest BCUT2D eigenvalue weighted by Gasteiger charge is 2.16. The predicted molar refractivity (Wildman–Crippen MR) is 61.4 cm³/mol. The second-order valence-corrected chi connectivity index (χ2v) is 5.24. The van der Waals surface area contributed by atoms with E-state index in [0.717, 1.165) is 6.20 Å². The SMILES string of the molecule is O=S(=O)(Nc1cc(Cl)nc(Cl)n1)c1cnc[nH]1. The van der Waals surface area contributed by atoms with Crippen molar-refractivity contribution in [1.82, 2.24) is 19.9 Å². The second-order valence-electron chi connectivity index (χ2n) is 2.87. The lowest BCUT2D eigenvalue weighted by Crippen LogP contribution is -2.14. The number of anilines is 1. The monoisotopic (exact) mass is 293 g/mol. The first-order valence-electron chi connectivity index (χ1n) is 4.19. The van der Waals surface area contributed by atoms with Gasteiger partial charge in [-0.05, 0) is 11.6 Å². The Bertz CT molecular complexity index is 607. The van der Waals surface area contributed by atoms with E-state index in [-0.39, 0.29) is 21.3 Å². The zero-order valence-corrected chi connectivity index (χ0v) is 10.4. The summed E-state index contributed by atoms with van der Waals surface area (Å²) in [5.74, 6) is -0.0235. The largest absolute Gasteiger partial charge is 0.334 e. The molecule has 0 saturated carbocycles. The van der Waals surface area contributed by atoms with Gasteiger partial charge in [0.1, 0.15) is 11.0 Å². The lowest BCUT2D eigenvalue weighted by molar-refractivity contribution is 0.598. The smallest absolute Gasteiger partial charge is 0.280 e. The molecule has 0 aliphatic heterocycles. The third-order valence-corrected chi connectivity index (χ3v) is 3.31. The number of aromatic nitrogens is 4. The summed E-state index contributed by atoms with van der Waals surface area (Å²) in [5, 5.41) is -0.213. The lowest BCUT2D eigenvalue weighted by atomic mass is 10.6. The van der Waals surface area contributed by atoms with E-state index in [0.29, 0.717) is 0 Å². The molecular formula is C7H5Cl2N5O2S. The van der Waals surface area contributed by atoms with E-state index in [1.54, 1.807) is 0 Å². The van der Waals surface area contributed by atoms with Crippen molar-refractivity contribution in [3.05, 3.63) is 29.0 Å². The number of hydrogen-bond donors (Lipinski definition) is 2. The first-order valence-corrected chi connectivity index (χ1v) is 6.42. The highest BCUT2D eigenvalue weighted by Crippen LogP contribution is 2.17. The molecule has 2 aromatic rings. The van der Waals surface area contributed by atoms with E-state index >= 15 is 0 Å². The van der Waals surface area contributed by atoms with Crippen LogP contribution in [0.3, 0.4) is 0 Å². The van der Waals surface area contributed by atoms with Gasteiger partial charge in [0.05, 0.1) is 12.5 Å². The fourth-order valence-corrected chi connectivity index (χ4v) is 2.33. The van der Waals surface area contributed by atoms with Gasteiger partial charge in [-0.15, -0.1) is 0 Å². The number of sulfonamides is 1. The number of imidazole rings is 1. The Morgan fingerprint density at radius 3 is 2.65 bits per heavy atom. The molecule has 0 amide bonds. The molecule has 0 aliphatic rings. The molecule has 90 valence electrons. The van der Waals surface area contributed by atoms with Crippen LogP contribution in [0.25, 0.3) is 0 Å². The van der Waals surface area contributed by atoms with Crippen molar-refractivity contribution < 1.29 is 8.42 Å². The van der Waals surface area contributed by atoms with Crippen molar-refractivity contribution in [2.45, 2.75) is 5.03 Å². The van der Waals surface area contributed by atoms with Gasteiger partial charge in [0, 0.05) is 6.07 Å². The summed E-state index contributed by atoms with van der Waals surface area (Å²) in [6, 6.07) is 1.24. The predicted octanol–water partition coefficient (Wildman–Crippen LogP) is 1.31. The lowest BCUT2D eigenvalue weighted by Gasteiger charge is -2.05. The number of hydrogen-bond acceptors (Lipinski definition) is 5. The summed E-state index contributed by atoms with van der Waals surface area (Å²) in [7, 11) is -3.78. The Kier molecular flexibility index (Phi) is 3.18. The number of aromatic amines is 1. The molecule has 10 heteroatoms. The number of H-pyrrole nitrogens is 1. The quantitative estimate of drug-likeness (QED) is 0.656. The molecule has 2 aromatic heterocycles. The fourth-order valence-electron chi connectivity index (χ4n) is 1.02. The van der Waals surface area contributed by atoms with Gasteiger partial charge in [0.15, 0.2) is 5.03 Å². The van der Waals surface area contributed by atoms with Crippen LogP contribution in [-0.4, -0.2) is 28.4 Å². The van der Waals surface area contributed by atoms with E-state index in [2.05, 4.69) is 24.7 Å². The standard InChI is InChI=1S/C7H5Cl2N5O2S/c8-4-1-5(13-7(9)12-4)14-17(15,16)6-2-10-3-11-6/h1-3H,(H,10,11)(H,12,13,14).